The molecule has 3 fully saturated rings. The number of hydrogen-bond donors (Lipinski definition) is 2. The van der Waals surface area contributed by atoms with Crippen molar-refractivity contribution in [2.75, 3.05) is 38.0 Å². The molecule has 1 aromatic carbocycles. The van der Waals surface area contributed by atoms with Crippen molar-refractivity contribution < 1.29 is 4.79 Å². The average molecular weight is 384 g/mol. The van der Waals surface area contributed by atoms with E-state index >= 15 is 0 Å². The van der Waals surface area contributed by atoms with Crippen molar-refractivity contribution in [3.05, 3.63) is 29.8 Å². The molecule has 3 aliphatic rings. The summed E-state index contributed by atoms with van der Waals surface area (Å²) >= 11 is 0. The summed E-state index contributed by atoms with van der Waals surface area (Å²) in [6.07, 6.45) is 7.65. The maximum Gasteiger partial charge on any atom is 0.321 e. The largest absolute Gasteiger partial charge is 0.357 e. The molecule has 0 unspecified atom stereocenters. The van der Waals surface area contributed by atoms with Crippen LogP contribution >= 0.6 is 0 Å². The first-order valence-electron chi connectivity index (χ1n) is 10.9. The Morgan fingerprint density at radius 2 is 1.93 bits per heavy atom. The van der Waals surface area contributed by atoms with Crippen LogP contribution in [0.2, 0.25) is 0 Å². The summed E-state index contributed by atoms with van der Waals surface area (Å²) in [7, 11) is 0. The van der Waals surface area contributed by atoms with Gasteiger partial charge in [0.05, 0.1) is 6.54 Å². The number of carbonyl (C=O) groups excluding carboxylic acids is 1. The van der Waals surface area contributed by atoms with Gasteiger partial charge in [-0.25, -0.2) is 9.79 Å². The number of likely N-dealkylation sites (tertiary alicyclic amines) is 2. The number of anilines is 1. The molecule has 6 nitrogen and oxygen atoms in total. The summed E-state index contributed by atoms with van der Waals surface area (Å²) in [5.74, 6) is 1.03. The van der Waals surface area contributed by atoms with Gasteiger partial charge < -0.3 is 20.4 Å². The van der Waals surface area contributed by atoms with Crippen molar-refractivity contribution in [1.29, 1.82) is 0 Å². The van der Waals surface area contributed by atoms with Crippen LogP contribution in [-0.2, 0) is 6.54 Å². The average Bonchev–Trinajstić information content (AvgIpc) is 3.35. The lowest BCUT2D eigenvalue weighted by atomic mass is 9.68. The van der Waals surface area contributed by atoms with Gasteiger partial charge in [0.25, 0.3) is 0 Å². The second-order valence-electron chi connectivity index (χ2n) is 8.52. The number of amides is 2. The van der Waals surface area contributed by atoms with Crippen LogP contribution in [0.5, 0.6) is 0 Å². The topological polar surface area (TPSA) is 60.0 Å². The van der Waals surface area contributed by atoms with Crippen LogP contribution in [0.25, 0.3) is 0 Å². The van der Waals surface area contributed by atoms with Gasteiger partial charge >= 0.3 is 6.03 Å². The maximum absolute atomic E-state index is 12.3. The van der Waals surface area contributed by atoms with Crippen molar-refractivity contribution >= 4 is 17.7 Å². The van der Waals surface area contributed by atoms with Gasteiger partial charge in [0.1, 0.15) is 0 Å². The summed E-state index contributed by atoms with van der Waals surface area (Å²) in [5.41, 5.74) is 2.53. The van der Waals surface area contributed by atoms with Gasteiger partial charge in [-0.1, -0.05) is 18.6 Å². The second kappa shape index (κ2) is 8.41. The Kier molecular flexibility index (Phi) is 5.74. The lowest BCUT2D eigenvalue weighted by molar-refractivity contribution is 0.151. The maximum atomic E-state index is 12.3. The molecule has 4 rings (SSSR count). The molecule has 2 amide bonds. The number of urea groups is 1. The van der Waals surface area contributed by atoms with E-state index in [2.05, 4.69) is 28.5 Å². The molecule has 2 N–H and O–H groups in total. The fraction of sp³-hybridized carbons (Fsp3) is 0.636. The molecular formula is C22H33N5O. The fourth-order valence-electron chi connectivity index (χ4n) is 4.66. The lowest BCUT2D eigenvalue weighted by Gasteiger charge is -2.38. The van der Waals surface area contributed by atoms with Crippen LogP contribution in [0, 0.1) is 5.41 Å². The van der Waals surface area contributed by atoms with Crippen molar-refractivity contribution in [1.82, 2.24) is 15.1 Å². The first kappa shape index (κ1) is 19.1. The zero-order valence-electron chi connectivity index (χ0n) is 17.0. The smallest absolute Gasteiger partial charge is 0.321 e. The minimum Gasteiger partial charge on any atom is -0.357 e. The summed E-state index contributed by atoms with van der Waals surface area (Å²) in [4.78, 5) is 21.5. The summed E-state index contributed by atoms with van der Waals surface area (Å²) in [6, 6.07) is 8.08. The Morgan fingerprint density at radius 1 is 1.11 bits per heavy atom. The number of guanidine groups is 1. The highest BCUT2D eigenvalue weighted by atomic mass is 16.2. The Hall–Kier alpha value is -2.24. The van der Waals surface area contributed by atoms with Crippen LogP contribution < -0.4 is 10.6 Å². The van der Waals surface area contributed by atoms with E-state index in [9.17, 15) is 4.79 Å². The van der Waals surface area contributed by atoms with E-state index in [1.54, 1.807) is 0 Å². The third-order valence-electron chi connectivity index (χ3n) is 6.47. The van der Waals surface area contributed by atoms with E-state index in [-0.39, 0.29) is 6.03 Å². The minimum atomic E-state index is 0.00866. The molecule has 1 aromatic rings. The molecule has 0 aromatic heterocycles. The molecule has 2 heterocycles. The van der Waals surface area contributed by atoms with E-state index in [0.717, 1.165) is 62.8 Å². The van der Waals surface area contributed by atoms with Crippen LogP contribution in [0.4, 0.5) is 10.5 Å². The van der Waals surface area contributed by atoms with Crippen LogP contribution in [0.15, 0.2) is 29.3 Å². The van der Waals surface area contributed by atoms with Gasteiger partial charge in [-0.15, -0.1) is 0 Å². The number of nitrogens with zero attached hydrogens (tertiary/aromatic N) is 3. The number of carbonyl (C=O) groups is 1. The minimum absolute atomic E-state index is 0.00866. The zero-order chi connectivity index (χ0) is 19.4. The molecule has 0 bridgehead atoms. The number of nitrogens with one attached hydrogen (secondary N) is 2. The van der Waals surface area contributed by atoms with E-state index in [1.165, 1.54) is 25.7 Å². The predicted octanol–water partition coefficient (Wildman–Crippen LogP) is 3.66. The monoisotopic (exact) mass is 383 g/mol. The number of rotatable bonds is 4. The highest BCUT2D eigenvalue weighted by Crippen LogP contribution is 2.47. The molecule has 6 heteroatoms. The third-order valence-corrected chi connectivity index (χ3v) is 6.47. The van der Waals surface area contributed by atoms with Gasteiger partial charge in [0, 0.05) is 38.4 Å². The molecule has 0 radical (unpaired) electrons. The second-order valence-corrected chi connectivity index (χ2v) is 8.52. The normalized spacial score (nSPS) is 21.1. The van der Waals surface area contributed by atoms with E-state index in [1.807, 2.05) is 23.1 Å². The number of aliphatic imine (C=N–C) groups is 1. The van der Waals surface area contributed by atoms with Gasteiger partial charge in [0.15, 0.2) is 5.96 Å². The molecule has 1 saturated carbocycles. The van der Waals surface area contributed by atoms with Gasteiger partial charge in [-0.3, -0.25) is 0 Å². The van der Waals surface area contributed by atoms with Crippen molar-refractivity contribution in [2.45, 2.75) is 52.0 Å². The van der Waals surface area contributed by atoms with Crippen LogP contribution in [-0.4, -0.2) is 54.5 Å². The molecule has 2 aliphatic heterocycles. The van der Waals surface area contributed by atoms with Crippen molar-refractivity contribution in [2.24, 2.45) is 10.4 Å². The lowest BCUT2D eigenvalue weighted by Crippen LogP contribution is -2.42. The first-order valence-corrected chi connectivity index (χ1v) is 10.9. The number of benzene rings is 1. The molecule has 0 atom stereocenters. The van der Waals surface area contributed by atoms with Gasteiger partial charge in [-0.2, -0.15) is 0 Å². The van der Waals surface area contributed by atoms with E-state index < -0.39 is 0 Å². The third kappa shape index (κ3) is 4.26. The summed E-state index contributed by atoms with van der Waals surface area (Å²) < 4.78 is 0. The molecule has 152 valence electrons. The highest BCUT2D eigenvalue weighted by molar-refractivity contribution is 5.89. The zero-order valence-corrected chi connectivity index (χ0v) is 17.0. The quantitative estimate of drug-likeness (QED) is 0.616. The van der Waals surface area contributed by atoms with Crippen molar-refractivity contribution in [3.63, 3.8) is 0 Å². The van der Waals surface area contributed by atoms with Crippen molar-refractivity contribution in [3.8, 4) is 0 Å². The number of hydrogen-bond acceptors (Lipinski definition) is 2. The Labute approximate surface area is 168 Å². The Bertz CT molecular complexity index is 721. The first-order chi connectivity index (χ1) is 13.7. The SMILES string of the molecule is CCNC(=NCc1cccc(NC(=O)N2CCCC2)c1)N1CCC2(CCC2)C1. The van der Waals surface area contributed by atoms with Gasteiger partial charge in [-0.05, 0) is 62.1 Å². The van der Waals surface area contributed by atoms with Crippen LogP contribution in [0.3, 0.4) is 0 Å². The standard InChI is InChI=1S/C22H33N5O/c1-2-23-20(27-14-11-22(17-27)9-6-10-22)24-16-18-7-5-8-19(15-18)25-21(28)26-12-3-4-13-26/h5,7-8,15H,2-4,6,9-14,16-17H2,1H3,(H,23,24)(H,25,28). The van der Waals surface area contributed by atoms with E-state index in [4.69, 9.17) is 4.99 Å². The molecule has 28 heavy (non-hydrogen) atoms. The fourth-order valence-corrected chi connectivity index (χ4v) is 4.66. The molecular weight excluding hydrogens is 350 g/mol. The van der Waals surface area contributed by atoms with E-state index in [0.29, 0.717) is 12.0 Å². The van der Waals surface area contributed by atoms with Crippen LogP contribution in [0.1, 0.15) is 51.0 Å². The Balaban J connectivity index is 1.38. The predicted molar refractivity (Wildman–Crippen MR) is 114 cm³/mol. The summed E-state index contributed by atoms with van der Waals surface area (Å²) in [6.45, 7) is 7.60. The molecule has 1 aliphatic carbocycles. The van der Waals surface area contributed by atoms with Gasteiger partial charge in [0.2, 0.25) is 0 Å². The molecule has 2 saturated heterocycles. The molecule has 1 spiro atoms. The highest BCUT2D eigenvalue weighted by Gasteiger charge is 2.43. The Morgan fingerprint density at radius 3 is 2.61 bits per heavy atom. The summed E-state index contributed by atoms with van der Waals surface area (Å²) in [5, 5.41) is 6.49.